The molecular formula is C12H14FN3O2. The fraction of sp³-hybridized carbons (Fsp3) is 0.583. The van der Waals surface area contributed by atoms with Gasteiger partial charge in [0.05, 0.1) is 18.3 Å². The Morgan fingerprint density at radius 3 is 2.56 bits per heavy atom. The molecule has 0 bridgehead atoms. The van der Waals surface area contributed by atoms with Crippen LogP contribution in [0.15, 0.2) is 12.4 Å². The Labute approximate surface area is 104 Å². The van der Waals surface area contributed by atoms with E-state index in [4.69, 9.17) is 0 Å². The lowest BCUT2D eigenvalue weighted by atomic mass is 9.63. The SMILES string of the molecule is O=C(O)[C@H]1CN(c2ncc(F)cn2)CC12CCC2. The van der Waals surface area contributed by atoms with Crippen molar-refractivity contribution >= 4 is 11.9 Å². The van der Waals surface area contributed by atoms with Gasteiger partial charge in [0.1, 0.15) is 0 Å². The van der Waals surface area contributed by atoms with Crippen molar-refractivity contribution in [2.75, 3.05) is 18.0 Å². The van der Waals surface area contributed by atoms with E-state index in [0.29, 0.717) is 19.0 Å². The largest absolute Gasteiger partial charge is 0.481 e. The first-order valence-electron chi connectivity index (χ1n) is 6.06. The smallest absolute Gasteiger partial charge is 0.308 e. The Hall–Kier alpha value is -1.72. The van der Waals surface area contributed by atoms with Crippen molar-refractivity contribution in [2.45, 2.75) is 19.3 Å². The first-order valence-corrected chi connectivity index (χ1v) is 6.06. The van der Waals surface area contributed by atoms with E-state index in [1.165, 1.54) is 0 Å². The molecule has 0 unspecified atom stereocenters. The van der Waals surface area contributed by atoms with E-state index in [1.807, 2.05) is 4.90 Å². The minimum atomic E-state index is -0.751. The summed E-state index contributed by atoms with van der Waals surface area (Å²) in [6.07, 6.45) is 5.21. The van der Waals surface area contributed by atoms with Crippen molar-refractivity contribution in [1.29, 1.82) is 0 Å². The highest BCUT2D eigenvalue weighted by molar-refractivity contribution is 5.73. The zero-order valence-electron chi connectivity index (χ0n) is 9.84. The number of carbonyl (C=O) groups is 1. The molecule has 0 radical (unpaired) electrons. The van der Waals surface area contributed by atoms with Gasteiger partial charge in [-0.15, -0.1) is 0 Å². The number of rotatable bonds is 2. The number of carboxylic acid groups (broad SMARTS) is 1. The van der Waals surface area contributed by atoms with Gasteiger partial charge in [0.25, 0.3) is 0 Å². The number of aromatic nitrogens is 2. The fourth-order valence-corrected chi connectivity index (χ4v) is 3.07. The maximum Gasteiger partial charge on any atom is 0.308 e. The summed E-state index contributed by atoms with van der Waals surface area (Å²) in [5, 5.41) is 9.30. The molecule has 6 heteroatoms. The maximum atomic E-state index is 12.8. The summed E-state index contributed by atoms with van der Waals surface area (Å²) in [6, 6.07) is 0. The molecule has 1 aromatic rings. The second kappa shape index (κ2) is 3.90. The van der Waals surface area contributed by atoms with Gasteiger partial charge in [-0.05, 0) is 12.8 Å². The Kier molecular flexibility index (Phi) is 2.46. The summed E-state index contributed by atoms with van der Waals surface area (Å²) in [6.45, 7) is 1.08. The molecule has 1 spiro atoms. The fourth-order valence-electron chi connectivity index (χ4n) is 3.07. The van der Waals surface area contributed by atoms with Gasteiger partial charge >= 0.3 is 5.97 Å². The Bertz CT molecular complexity index is 473. The van der Waals surface area contributed by atoms with Crippen LogP contribution in [0, 0.1) is 17.2 Å². The molecule has 1 saturated carbocycles. The average molecular weight is 251 g/mol. The first kappa shape index (κ1) is 11.4. The van der Waals surface area contributed by atoms with Gasteiger partial charge in [-0.1, -0.05) is 6.42 Å². The van der Waals surface area contributed by atoms with Gasteiger partial charge in [-0.3, -0.25) is 4.79 Å². The molecule has 1 aromatic heterocycles. The number of anilines is 1. The van der Waals surface area contributed by atoms with Gasteiger partial charge in [0.15, 0.2) is 5.82 Å². The van der Waals surface area contributed by atoms with Crippen LogP contribution in [0.2, 0.25) is 0 Å². The van der Waals surface area contributed by atoms with Crippen LogP contribution < -0.4 is 4.90 Å². The Morgan fingerprint density at radius 2 is 2.11 bits per heavy atom. The predicted molar refractivity (Wildman–Crippen MR) is 61.6 cm³/mol. The highest BCUT2D eigenvalue weighted by atomic mass is 19.1. The van der Waals surface area contributed by atoms with Gasteiger partial charge in [0, 0.05) is 18.5 Å². The lowest BCUT2D eigenvalue weighted by molar-refractivity contribution is -0.146. The van der Waals surface area contributed by atoms with E-state index in [-0.39, 0.29) is 11.3 Å². The number of hydrogen-bond acceptors (Lipinski definition) is 4. The van der Waals surface area contributed by atoms with Crippen LogP contribution in [-0.2, 0) is 4.79 Å². The third-order valence-corrected chi connectivity index (χ3v) is 4.18. The van der Waals surface area contributed by atoms with Crippen molar-refractivity contribution in [1.82, 2.24) is 9.97 Å². The van der Waals surface area contributed by atoms with E-state index in [9.17, 15) is 14.3 Å². The number of nitrogens with zero attached hydrogens (tertiary/aromatic N) is 3. The van der Waals surface area contributed by atoms with E-state index in [0.717, 1.165) is 31.7 Å². The van der Waals surface area contributed by atoms with E-state index < -0.39 is 11.8 Å². The normalized spacial score (nSPS) is 25.2. The maximum absolute atomic E-state index is 12.8. The lowest BCUT2D eigenvalue weighted by Crippen LogP contribution is -2.40. The second-order valence-electron chi connectivity index (χ2n) is 5.19. The molecule has 2 aliphatic rings. The average Bonchev–Trinajstić information content (AvgIpc) is 2.70. The summed E-state index contributed by atoms with van der Waals surface area (Å²) in [5.41, 5.74) is -0.121. The van der Waals surface area contributed by atoms with Crippen LogP contribution in [0.25, 0.3) is 0 Å². The van der Waals surface area contributed by atoms with Gasteiger partial charge in [-0.25, -0.2) is 14.4 Å². The number of aliphatic carboxylic acids is 1. The van der Waals surface area contributed by atoms with Crippen molar-refractivity contribution in [3.63, 3.8) is 0 Å². The summed E-state index contributed by atoms with van der Waals surface area (Å²) >= 11 is 0. The number of carboxylic acids is 1. The van der Waals surface area contributed by atoms with E-state index in [1.54, 1.807) is 0 Å². The van der Waals surface area contributed by atoms with Crippen molar-refractivity contribution in [3.05, 3.63) is 18.2 Å². The third kappa shape index (κ3) is 1.63. The highest BCUT2D eigenvalue weighted by Crippen LogP contribution is 2.52. The summed E-state index contributed by atoms with van der Waals surface area (Å²) in [5.74, 6) is -1.17. The molecule has 1 N–H and O–H groups in total. The van der Waals surface area contributed by atoms with Crippen LogP contribution >= 0.6 is 0 Å². The topological polar surface area (TPSA) is 66.3 Å². The second-order valence-corrected chi connectivity index (χ2v) is 5.19. The molecule has 0 amide bonds. The minimum absolute atomic E-state index is 0.121. The molecule has 2 fully saturated rings. The van der Waals surface area contributed by atoms with Crippen LogP contribution in [0.3, 0.4) is 0 Å². The van der Waals surface area contributed by atoms with Crippen LogP contribution in [0.5, 0.6) is 0 Å². The summed E-state index contributed by atoms with van der Waals surface area (Å²) in [4.78, 5) is 21.0. The third-order valence-electron chi connectivity index (χ3n) is 4.18. The minimum Gasteiger partial charge on any atom is -0.481 e. The molecule has 3 rings (SSSR count). The molecule has 0 aromatic carbocycles. The molecule has 5 nitrogen and oxygen atoms in total. The van der Waals surface area contributed by atoms with Gasteiger partial charge in [0.2, 0.25) is 5.95 Å². The van der Waals surface area contributed by atoms with Crippen LogP contribution in [0.1, 0.15) is 19.3 Å². The molecular weight excluding hydrogens is 237 g/mol. The van der Waals surface area contributed by atoms with Crippen molar-refractivity contribution in [3.8, 4) is 0 Å². The summed E-state index contributed by atoms with van der Waals surface area (Å²) < 4.78 is 12.8. The monoisotopic (exact) mass is 251 g/mol. The predicted octanol–water partition coefficient (Wildman–Crippen LogP) is 1.31. The van der Waals surface area contributed by atoms with E-state index >= 15 is 0 Å². The van der Waals surface area contributed by atoms with Gasteiger partial charge < -0.3 is 10.0 Å². The van der Waals surface area contributed by atoms with E-state index in [2.05, 4.69) is 9.97 Å². The van der Waals surface area contributed by atoms with Crippen LogP contribution in [0.4, 0.5) is 10.3 Å². The molecule has 1 aliphatic heterocycles. The number of halogens is 1. The molecule has 1 saturated heterocycles. The Balaban J connectivity index is 1.84. The zero-order chi connectivity index (χ0) is 12.8. The van der Waals surface area contributed by atoms with Crippen molar-refractivity contribution in [2.24, 2.45) is 11.3 Å². The highest BCUT2D eigenvalue weighted by Gasteiger charge is 2.54. The quantitative estimate of drug-likeness (QED) is 0.858. The van der Waals surface area contributed by atoms with Gasteiger partial charge in [-0.2, -0.15) is 0 Å². The van der Waals surface area contributed by atoms with Crippen molar-refractivity contribution < 1.29 is 14.3 Å². The van der Waals surface area contributed by atoms with Crippen LogP contribution in [-0.4, -0.2) is 34.1 Å². The Morgan fingerprint density at radius 1 is 1.44 bits per heavy atom. The zero-order valence-corrected chi connectivity index (χ0v) is 9.84. The standard InChI is InChI=1S/C12H14FN3O2/c13-8-4-14-11(15-5-8)16-6-9(10(17)18)12(7-16)2-1-3-12/h4-5,9H,1-3,6-7H2,(H,17,18)/t9-/m1/s1. The molecule has 18 heavy (non-hydrogen) atoms. The first-order chi connectivity index (χ1) is 8.61. The summed E-state index contributed by atoms with van der Waals surface area (Å²) in [7, 11) is 0. The molecule has 2 heterocycles. The number of hydrogen-bond donors (Lipinski definition) is 1. The molecule has 1 aliphatic carbocycles. The molecule has 96 valence electrons. The molecule has 1 atom stereocenters. The lowest BCUT2D eigenvalue weighted by Gasteiger charge is -2.40.